The number of carbonyl (C=O) groups is 1. The molecule has 0 atom stereocenters. The van der Waals surface area contributed by atoms with Crippen LogP contribution in [0.25, 0.3) is 0 Å². The first-order chi connectivity index (χ1) is 9.83. The van der Waals surface area contributed by atoms with Crippen molar-refractivity contribution in [1.82, 2.24) is 15.5 Å². The van der Waals surface area contributed by atoms with Crippen LogP contribution in [-0.2, 0) is 10.2 Å². The van der Waals surface area contributed by atoms with E-state index in [0.717, 1.165) is 44.4 Å². The van der Waals surface area contributed by atoms with Crippen LogP contribution < -0.4 is 5.32 Å². The van der Waals surface area contributed by atoms with Crippen molar-refractivity contribution in [3.05, 3.63) is 12.3 Å². The number of hydrogen-bond donors (Lipinski definition) is 1. The lowest BCUT2D eigenvalue weighted by molar-refractivity contribution is 0.0216. The third kappa shape index (κ3) is 2.76. The Morgan fingerprint density at radius 2 is 1.86 bits per heavy atom. The van der Waals surface area contributed by atoms with E-state index in [1.165, 1.54) is 6.39 Å². The highest BCUT2D eigenvalue weighted by Crippen LogP contribution is 2.53. The number of amides is 1. The molecule has 1 N–H and O–H groups in total. The average molecular weight is 293 g/mol. The van der Waals surface area contributed by atoms with Gasteiger partial charge in [0.2, 0.25) is 12.3 Å². The summed E-state index contributed by atoms with van der Waals surface area (Å²) in [4.78, 5) is 12.0. The van der Waals surface area contributed by atoms with Gasteiger partial charge in [0.25, 0.3) is 0 Å². The highest BCUT2D eigenvalue weighted by Gasteiger charge is 2.52. The van der Waals surface area contributed by atoms with Gasteiger partial charge in [0.15, 0.2) is 0 Å². The standard InChI is InChI=1S/C15H23N3O3/c1-13(2,3)21-12(19)17-15-7-4-14(5-8-15,6-9-15)11-18-16-10-20-11/h10H,4-9H2,1-3H3,(H,17,19). The fourth-order valence-electron chi connectivity index (χ4n) is 3.62. The predicted octanol–water partition coefficient (Wildman–Crippen LogP) is 2.94. The lowest BCUT2D eigenvalue weighted by atomic mass is 9.57. The molecule has 0 aromatic carbocycles. The lowest BCUT2D eigenvalue weighted by Crippen LogP contribution is -2.58. The third-order valence-corrected chi connectivity index (χ3v) is 4.83. The zero-order valence-electron chi connectivity index (χ0n) is 12.9. The van der Waals surface area contributed by atoms with Crippen LogP contribution in [-0.4, -0.2) is 27.4 Å². The normalized spacial score (nSPS) is 32.0. The Labute approximate surface area is 124 Å². The van der Waals surface area contributed by atoms with Gasteiger partial charge in [-0.25, -0.2) is 4.79 Å². The molecule has 3 saturated carbocycles. The lowest BCUT2D eigenvalue weighted by Gasteiger charge is -2.51. The number of nitrogens with one attached hydrogen (secondary N) is 1. The summed E-state index contributed by atoms with van der Waals surface area (Å²) >= 11 is 0. The highest BCUT2D eigenvalue weighted by molar-refractivity contribution is 5.69. The van der Waals surface area contributed by atoms with Crippen LogP contribution in [0.5, 0.6) is 0 Å². The Morgan fingerprint density at radius 1 is 1.24 bits per heavy atom. The molecule has 0 saturated heterocycles. The van der Waals surface area contributed by atoms with E-state index >= 15 is 0 Å². The molecule has 0 spiro atoms. The van der Waals surface area contributed by atoms with E-state index < -0.39 is 5.60 Å². The molecule has 2 bridgehead atoms. The van der Waals surface area contributed by atoms with Crippen LogP contribution in [0.4, 0.5) is 4.79 Å². The predicted molar refractivity (Wildman–Crippen MR) is 75.8 cm³/mol. The molecular weight excluding hydrogens is 270 g/mol. The molecule has 6 heteroatoms. The van der Waals surface area contributed by atoms with Crippen molar-refractivity contribution in [2.24, 2.45) is 0 Å². The fraction of sp³-hybridized carbons (Fsp3) is 0.800. The van der Waals surface area contributed by atoms with Gasteiger partial charge in [-0.1, -0.05) is 0 Å². The van der Waals surface area contributed by atoms with Crippen molar-refractivity contribution in [1.29, 1.82) is 0 Å². The maximum Gasteiger partial charge on any atom is 0.408 e. The molecule has 1 heterocycles. The van der Waals surface area contributed by atoms with E-state index in [-0.39, 0.29) is 17.0 Å². The van der Waals surface area contributed by atoms with Crippen molar-refractivity contribution >= 4 is 6.09 Å². The smallest absolute Gasteiger partial charge is 0.408 e. The molecule has 0 radical (unpaired) electrons. The number of fused-ring (bicyclic) bond motifs is 3. The van der Waals surface area contributed by atoms with Crippen molar-refractivity contribution in [3.63, 3.8) is 0 Å². The second kappa shape index (κ2) is 4.71. The molecular formula is C15H23N3O3. The van der Waals surface area contributed by atoms with Gasteiger partial charge >= 0.3 is 6.09 Å². The summed E-state index contributed by atoms with van der Waals surface area (Å²) in [5.74, 6) is 0.757. The van der Waals surface area contributed by atoms with Gasteiger partial charge in [-0.15, -0.1) is 10.2 Å². The number of aromatic nitrogens is 2. The quantitative estimate of drug-likeness (QED) is 0.907. The maximum atomic E-state index is 12.0. The van der Waals surface area contributed by atoms with Crippen molar-refractivity contribution in [2.45, 2.75) is 75.9 Å². The summed E-state index contributed by atoms with van der Waals surface area (Å²) in [6.45, 7) is 5.64. The van der Waals surface area contributed by atoms with E-state index in [9.17, 15) is 4.79 Å². The number of rotatable bonds is 2. The molecule has 4 rings (SSSR count). The number of nitrogens with zero attached hydrogens (tertiary/aromatic N) is 2. The van der Waals surface area contributed by atoms with Crippen LogP contribution >= 0.6 is 0 Å². The minimum atomic E-state index is -0.461. The molecule has 1 amide bonds. The summed E-state index contributed by atoms with van der Waals surface area (Å²) < 4.78 is 10.8. The molecule has 1 aromatic rings. The number of alkyl carbamates (subject to hydrolysis) is 1. The molecule has 21 heavy (non-hydrogen) atoms. The summed E-state index contributed by atoms with van der Waals surface area (Å²) in [6.07, 6.45) is 6.84. The van der Waals surface area contributed by atoms with E-state index in [0.29, 0.717) is 0 Å². The van der Waals surface area contributed by atoms with Crippen molar-refractivity contribution < 1.29 is 13.9 Å². The van der Waals surface area contributed by atoms with Gasteiger partial charge in [-0.2, -0.15) is 0 Å². The van der Waals surface area contributed by atoms with Crippen LogP contribution in [0.2, 0.25) is 0 Å². The summed E-state index contributed by atoms with van der Waals surface area (Å²) in [5, 5.41) is 11.0. The van der Waals surface area contributed by atoms with Crippen molar-refractivity contribution in [2.75, 3.05) is 0 Å². The monoisotopic (exact) mass is 293 g/mol. The zero-order chi connectivity index (χ0) is 15.1. The fourth-order valence-corrected chi connectivity index (χ4v) is 3.62. The summed E-state index contributed by atoms with van der Waals surface area (Å²) in [5.41, 5.74) is -0.560. The van der Waals surface area contributed by atoms with Gasteiger partial charge in [0, 0.05) is 11.0 Å². The zero-order valence-corrected chi connectivity index (χ0v) is 12.9. The summed E-state index contributed by atoms with van der Waals surface area (Å²) in [6, 6.07) is 0. The van der Waals surface area contributed by atoms with E-state index in [1.54, 1.807) is 0 Å². The number of ether oxygens (including phenoxy) is 1. The van der Waals surface area contributed by atoms with Gasteiger partial charge < -0.3 is 14.5 Å². The van der Waals surface area contributed by atoms with E-state index in [2.05, 4.69) is 15.5 Å². The first-order valence-corrected chi connectivity index (χ1v) is 7.61. The highest BCUT2D eigenvalue weighted by atomic mass is 16.6. The van der Waals surface area contributed by atoms with Crippen LogP contribution in [0, 0.1) is 0 Å². The Kier molecular flexibility index (Phi) is 3.22. The van der Waals surface area contributed by atoms with Gasteiger partial charge in [0.05, 0.1) is 0 Å². The van der Waals surface area contributed by atoms with Gasteiger partial charge in [0.1, 0.15) is 5.60 Å². The third-order valence-electron chi connectivity index (χ3n) is 4.83. The Bertz CT molecular complexity index is 494. The second-order valence-electron chi connectivity index (χ2n) is 7.43. The molecule has 3 aliphatic rings. The topological polar surface area (TPSA) is 77.2 Å². The molecule has 1 aromatic heterocycles. The number of hydrogen-bond acceptors (Lipinski definition) is 5. The Hall–Kier alpha value is -1.59. The van der Waals surface area contributed by atoms with Gasteiger partial charge in [-0.05, 0) is 59.3 Å². The number of carbonyl (C=O) groups excluding carboxylic acids is 1. The maximum absolute atomic E-state index is 12.0. The minimum absolute atomic E-state index is 0.0217. The second-order valence-corrected chi connectivity index (χ2v) is 7.43. The first-order valence-electron chi connectivity index (χ1n) is 7.61. The molecule has 0 unspecified atom stereocenters. The molecule has 116 valence electrons. The van der Waals surface area contributed by atoms with Crippen LogP contribution in [0.15, 0.2) is 10.8 Å². The largest absolute Gasteiger partial charge is 0.444 e. The molecule has 6 nitrogen and oxygen atoms in total. The van der Waals surface area contributed by atoms with E-state index in [1.807, 2.05) is 20.8 Å². The van der Waals surface area contributed by atoms with Crippen molar-refractivity contribution in [3.8, 4) is 0 Å². The summed E-state index contributed by atoms with van der Waals surface area (Å²) in [7, 11) is 0. The molecule has 3 fully saturated rings. The Balaban J connectivity index is 1.65. The average Bonchev–Trinajstić information content (AvgIpc) is 2.92. The molecule has 3 aliphatic carbocycles. The van der Waals surface area contributed by atoms with E-state index in [4.69, 9.17) is 9.15 Å². The minimum Gasteiger partial charge on any atom is -0.444 e. The van der Waals surface area contributed by atoms with Crippen LogP contribution in [0.1, 0.15) is 65.2 Å². The van der Waals surface area contributed by atoms with Crippen LogP contribution in [0.3, 0.4) is 0 Å². The first kappa shape index (κ1) is 14.4. The van der Waals surface area contributed by atoms with Gasteiger partial charge in [-0.3, -0.25) is 0 Å². The SMILES string of the molecule is CC(C)(C)OC(=O)NC12CCC(c3nnco3)(CC1)CC2. The Morgan fingerprint density at radius 3 is 2.33 bits per heavy atom. The molecule has 0 aliphatic heterocycles.